The molecule has 0 amide bonds. The molecular weight excluding hydrogens is 274 g/mol. The van der Waals surface area contributed by atoms with Crippen molar-refractivity contribution < 1.29 is 13.5 Å². The quantitative estimate of drug-likeness (QED) is 0.919. The molecule has 0 unspecified atom stereocenters. The highest BCUT2D eigenvalue weighted by atomic mass is 19.1. The van der Waals surface area contributed by atoms with E-state index < -0.39 is 11.6 Å². The molecule has 0 saturated carbocycles. The van der Waals surface area contributed by atoms with Crippen LogP contribution in [0.25, 0.3) is 0 Å². The number of rotatable bonds is 5. The molecule has 0 spiro atoms. The van der Waals surface area contributed by atoms with Crippen LogP contribution < -0.4 is 10.1 Å². The topological polar surface area (TPSA) is 45.0 Å². The Morgan fingerprint density at radius 3 is 2.43 bits per heavy atom. The number of ether oxygens (including phenoxy) is 1. The molecule has 2 rings (SSSR count). The van der Waals surface area contributed by atoms with Crippen molar-refractivity contribution in [2.75, 3.05) is 7.11 Å². The first-order valence-electron chi connectivity index (χ1n) is 6.36. The number of para-hydroxylation sites is 1. The number of nitrogens with one attached hydrogen (secondary N) is 1. The van der Waals surface area contributed by atoms with Crippen LogP contribution in [0.2, 0.25) is 0 Å². The Bertz CT molecular complexity index is 657. The maximum atomic E-state index is 13.7. The molecule has 3 nitrogen and oxygen atoms in total. The standard InChI is InChI=1S/C16H14F2N2O/c1-21-16-5-3-2-4-12(16)9-20-10-13-14(17)6-11(8-19)7-15(13)18/h2-7,20H,9-10H2,1H3. The number of halogens is 2. The summed E-state index contributed by atoms with van der Waals surface area (Å²) in [5.41, 5.74) is 0.789. The lowest BCUT2D eigenvalue weighted by Crippen LogP contribution is -2.15. The van der Waals surface area contributed by atoms with E-state index in [-0.39, 0.29) is 17.7 Å². The predicted molar refractivity (Wildman–Crippen MR) is 74.6 cm³/mol. The highest BCUT2D eigenvalue weighted by Gasteiger charge is 2.11. The number of methoxy groups -OCH3 is 1. The molecule has 0 saturated heterocycles. The molecule has 0 fully saturated rings. The van der Waals surface area contributed by atoms with Gasteiger partial charge in [0, 0.05) is 24.2 Å². The van der Waals surface area contributed by atoms with Crippen LogP contribution in [-0.4, -0.2) is 7.11 Å². The van der Waals surface area contributed by atoms with Crippen LogP contribution in [0.3, 0.4) is 0 Å². The molecule has 5 heteroatoms. The third kappa shape index (κ3) is 3.56. The molecule has 0 aliphatic rings. The van der Waals surface area contributed by atoms with Crippen LogP contribution in [0.1, 0.15) is 16.7 Å². The largest absolute Gasteiger partial charge is 0.496 e. The van der Waals surface area contributed by atoms with Crippen LogP contribution in [0.15, 0.2) is 36.4 Å². The molecule has 2 aromatic carbocycles. The maximum absolute atomic E-state index is 13.7. The Labute approximate surface area is 121 Å². The predicted octanol–water partition coefficient (Wildman–Crippen LogP) is 3.13. The molecule has 0 heterocycles. The highest BCUT2D eigenvalue weighted by molar-refractivity contribution is 5.35. The summed E-state index contributed by atoms with van der Waals surface area (Å²) in [6.45, 7) is 0.449. The Morgan fingerprint density at radius 1 is 1.14 bits per heavy atom. The minimum Gasteiger partial charge on any atom is -0.496 e. The van der Waals surface area contributed by atoms with Gasteiger partial charge in [-0.3, -0.25) is 0 Å². The van der Waals surface area contributed by atoms with Crippen molar-refractivity contribution in [2.45, 2.75) is 13.1 Å². The maximum Gasteiger partial charge on any atom is 0.131 e. The molecule has 0 atom stereocenters. The van der Waals surface area contributed by atoms with Gasteiger partial charge in [0.15, 0.2) is 0 Å². The van der Waals surface area contributed by atoms with Gasteiger partial charge in [-0.15, -0.1) is 0 Å². The van der Waals surface area contributed by atoms with E-state index in [1.54, 1.807) is 13.2 Å². The van der Waals surface area contributed by atoms with Crippen LogP contribution in [0, 0.1) is 23.0 Å². The van der Waals surface area contributed by atoms with E-state index in [1.807, 2.05) is 24.3 Å². The van der Waals surface area contributed by atoms with Gasteiger partial charge in [-0.05, 0) is 18.2 Å². The second-order valence-electron chi connectivity index (χ2n) is 4.45. The fraction of sp³-hybridized carbons (Fsp3) is 0.188. The first-order chi connectivity index (χ1) is 10.2. The van der Waals surface area contributed by atoms with E-state index in [1.165, 1.54) is 0 Å². The van der Waals surface area contributed by atoms with Gasteiger partial charge < -0.3 is 10.1 Å². The second kappa shape index (κ2) is 6.82. The summed E-state index contributed by atoms with van der Waals surface area (Å²) in [4.78, 5) is 0. The Kier molecular flexibility index (Phi) is 4.85. The van der Waals surface area contributed by atoms with Gasteiger partial charge in [0.2, 0.25) is 0 Å². The fourth-order valence-corrected chi connectivity index (χ4v) is 2.01. The smallest absolute Gasteiger partial charge is 0.131 e. The zero-order valence-electron chi connectivity index (χ0n) is 11.5. The van der Waals surface area contributed by atoms with Crippen molar-refractivity contribution in [1.29, 1.82) is 5.26 Å². The second-order valence-corrected chi connectivity index (χ2v) is 4.45. The van der Waals surface area contributed by atoms with E-state index in [0.29, 0.717) is 12.3 Å². The monoisotopic (exact) mass is 288 g/mol. The zero-order chi connectivity index (χ0) is 15.2. The Hall–Kier alpha value is -2.45. The number of hydrogen-bond donors (Lipinski definition) is 1. The van der Waals surface area contributed by atoms with E-state index in [0.717, 1.165) is 17.7 Å². The third-order valence-corrected chi connectivity index (χ3v) is 3.08. The Balaban J connectivity index is 2.06. The molecular formula is C16H14F2N2O. The lowest BCUT2D eigenvalue weighted by Gasteiger charge is -2.10. The van der Waals surface area contributed by atoms with Crippen molar-refractivity contribution in [2.24, 2.45) is 0 Å². The zero-order valence-corrected chi connectivity index (χ0v) is 11.5. The average Bonchev–Trinajstić information content (AvgIpc) is 2.50. The van der Waals surface area contributed by atoms with Crippen molar-refractivity contribution in [3.63, 3.8) is 0 Å². The summed E-state index contributed by atoms with van der Waals surface area (Å²) in [6.07, 6.45) is 0. The summed E-state index contributed by atoms with van der Waals surface area (Å²) in [7, 11) is 1.57. The molecule has 1 N–H and O–H groups in total. The van der Waals surface area contributed by atoms with Crippen molar-refractivity contribution in [3.05, 3.63) is 64.7 Å². The van der Waals surface area contributed by atoms with Crippen molar-refractivity contribution in [1.82, 2.24) is 5.32 Å². The molecule has 0 aliphatic carbocycles. The summed E-state index contributed by atoms with van der Waals surface area (Å²) in [6, 6.07) is 11.2. The lowest BCUT2D eigenvalue weighted by atomic mass is 10.1. The average molecular weight is 288 g/mol. The normalized spacial score (nSPS) is 10.2. The van der Waals surface area contributed by atoms with Crippen molar-refractivity contribution >= 4 is 0 Å². The number of benzene rings is 2. The summed E-state index contributed by atoms with van der Waals surface area (Å²) in [5, 5.41) is 11.6. The molecule has 21 heavy (non-hydrogen) atoms. The van der Waals surface area contributed by atoms with Gasteiger partial charge in [-0.25, -0.2) is 8.78 Å². The van der Waals surface area contributed by atoms with Gasteiger partial charge in [-0.1, -0.05) is 18.2 Å². The van der Waals surface area contributed by atoms with E-state index in [9.17, 15) is 8.78 Å². The SMILES string of the molecule is COc1ccccc1CNCc1c(F)cc(C#N)cc1F. The van der Waals surface area contributed by atoms with Gasteiger partial charge >= 0.3 is 0 Å². The van der Waals surface area contributed by atoms with E-state index in [4.69, 9.17) is 10.00 Å². The molecule has 0 radical (unpaired) electrons. The van der Waals surface area contributed by atoms with Crippen molar-refractivity contribution in [3.8, 4) is 11.8 Å². The summed E-state index contributed by atoms with van der Waals surface area (Å²) >= 11 is 0. The van der Waals surface area contributed by atoms with Gasteiger partial charge in [0.05, 0.1) is 18.7 Å². The summed E-state index contributed by atoms with van der Waals surface area (Å²) in [5.74, 6) is -0.732. The van der Waals surface area contributed by atoms with E-state index >= 15 is 0 Å². The minimum absolute atomic E-state index is 0.0292. The highest BCUT2D eigenvalue weighted by Crippen LogP contribution is 2.18. The number of hydrogen-bond acceptors (Lipinski definition) is 3. The van der Waals surface area contributed by atoms with Crippen LogP contribution in [-0.2, 0) is 13.1 Å². The molecule has 2 aromatic rings. The van der Waals surface area contributed by atoms with Crippen LogP contribution in [0.5, 0.6) is 5.75 Å². The van der Waals surface area contributed by atoms with Gasteiger partial charge in [-0.2, -0.15) is 5.26 Å². The van der Waals surface area contributed by atoms with Gasteiger partial charge in [0.1, 0.15) is 17.4 Å². The third-order valence-electron chi connectivity index (χ3n) is 3.08. The minimum atomic E-state index is -0.723. The van der Waals surface area contributed by atoms with Crippen LogP contribution in [0.4, 0.5) is 8.78 Å². The van der Waals surface area contributed by atoms with Crippen LogP contribution >= 0.6 is 0 Å². The fourth-order valence-electron chi connectivity index (χ4n) is 2.01. The Morgan fingerprint density at radius 2 is 1.81 bits per heavy atom. The first kappa shape index (κ1) is 14.9. The number of nitrogens with zero attached hydrogens (tertiary/aromatic N) is 1. The summed E-state index contributed by atoms with van der Waals surface area (Å²) < 4.78 is 32.6. The first-order valence-corrected chi connectivity index (χ1v) is 6.36. The van der Waals surface area contributed by atoms with Gasteiger partial charge in [0.25, 0.3) is 0 Å². The molecule has 0 aromatic heterocycles. The lowest BCUT2D eigenvalue weighted by molar-refractivity contribution is 0.407. The number of nitriles is 1. The molecule has 0 aliphatic heterocycles. The molecule has 108 valence electrons. The molecule has 0 bridgehead atoms. The van der Waals surface area contributed by atoms with E-state index in [2.05, 4.69) is 5.32 Å².